The standard InChI is InChI=1S/C11H14BrNO4S/c1-7-4-5-10(9(12)6-7)13-18(15,16)8(2)11(14)17-3/h4-6,8,13H,1-3H3. The van der Waals surface area contributed by atoms with Crippen LogP contribution >= 0.6 is 15.9 Å². The van der Waals surface area contributed by atoms with Gasteiger partial charge in [-0.15, -0.1) is 0 Å². The summed E-state index contributed by atoms with van der Waals surface area (Å²) in [4.78, 5) is 11.2. The van der Waals surface area contributed by atoms with Crippen LogP contribution in [-0.2, 0) is 19.6 Å². The molecule has 1 atom stereocenters. The van der Waals surface area contributed by atoms with Crippen molar-refractivity contribution in [3.8, 4) is 0 Å². The smallest absolute Gasteiger partial charge is 0.325 e. The Morgan fingerprint density at radius 1 is 1.44 bits per heavy atom. The number of benzene rings is 1. The highest BCUT2D eigenvalue weighted by molar-refractivity contribution is 9.10. The van der Waals surface area contributed by atoms with Crippen molar-refractivity contribution < 1.29 is 17.9 Å². The second-order valence-corrected chi connectivity index (χ2v) is 6.65. The van der Waals surface area contributed by atoms with Gasteiger partial charge in [0, 0.05) is 4.47 Å². The number of aryl methyl sites for hydroxylation is 1. The van der Waals surface area contributed by atoms with Crippen molar-refractivity contribution in [2.75, 3.05) is 11.8 Å². The molecule has 0 amide bonds. The minimum absolute atomic E-state index is 0.386. The highest BCUT2D eigenvalue weighted by atomic mass is 79.9. The van der Waals surface area contributed by atoms with Gasteiger partial charge in [0.1, 0.15) is 0 Å². The Hall–Kier alpha value is -1.08. The molecule has 0 aliphatic heterocycles. The van der Waals surface area contributed by atoms with Gasteiger partial charge in [-0.2, -0.15) is 0 Å². The molecule has 0 saturated heterocycles. The van der Waals surface area contributed by atoms with E-state index in [1.54, 1.807) is 18.2 Å². The minimum atomic E-state index is -3.81. The maximum Gasteiger partial charge on any atom is 0.325 e. The van der Waals surface area contributed by atoms with Crippen molar-refractivity contribution in [3.63, 3.8) is 0 Å². The Morgan fingerprint density at radius 3 is 2.56 bits per heavy atom. The number of ether oxygens (including phenoxy) is 1. The van der Waals surface area contributed by atoms with Gasteiger partial charge in [-0.3, -0.25) is 9.52 Å². The Balaban J connectivity index is 2.99. The van der Waals surface area contributed by atoms with Gasteiger partial charge in [-0.1, -0.05) is 6.07 Å². The zero-order chi connectivity index (χ0) is 13.9. The maximum absolute atomic E-state index is 11.9. The van der Waals surface area contributed by atoms with E-state index in [9.17, 15) is 13.2 Å². The van der Waals surface area contributed by atoms with Crippen LogP contribution in [0.25, 0.3) is 0 Å². The summed E-state index contributed by atoms with van der Waals surface area (Å²) in [5, 5.41) is -1.27. The van der Waals surface area contributed by atoms with Crippen LogP contribution in [0, 0.1) is 6.92 Å². The fourth-order valence-electron chi connectivity index (χ4n) is 1.24. The molecular weight excluding hydrogens is 322 g/mol. The topological polar surface area (TPSA) is 72.5 Å². The van der Waals surface area contributed by atoms with Crippen molar-refractivity contribution in [2.45, 2.75) is 19.1 Å². The molecule has 0 saturated carbocycles. The van der Waals surface area contributed by atoms with Crippen molar-refractivity contribution in [3.05, 3.63) is 28.2 Å². The van der Waals surface area contributed by atoms with E-state index in [2.05, 4.69) is 25.4 Å². The van der Waals surface area contributed by atoms with Crippen LogP contribution in [0.5, 0.6) is 0 Å². The first-order valence-corrected chi connectivity index (χ1v) is 7.47. The van der Waals surface area contributed by atoms with Gasteiger partial charge in [0.15, 0.2) is 5.25 Å². The molecule has 1 N–H and O–H groups in total. The number of anilines is 1. The summed E-state index contributed by atoms with van der Waals surface area (Å²) in [7, 11) is -2.67. The quantitative estimate of drug-likeness (QED) is 0.855. The van der Waals surface area contributed by atoms with E-state index in [-0.39, 0.29) is 0 Å². The van der Waals surface area contributed by atoms with E-state index in [1.807, 2.05) is 6.92 Å². The summed E-state index contributed by atoms with van der Waals surface area (Å²) in [6, 6.07) is 5.17. The largest absolute Gasteiger partial charge is 0.468 e. The highest BCUT2D eigenvalue weighted by Gasteiger charge is 2.29. The van der Waals surface area contributed by atoms with Crippen molar-refractivity contribution in [1.29, 1.82) is 0 Å². The SMILES string of the molecule is COC(=O)C(C)S(=O)(=O)Nc1ccc(C)cc1Br. The summed E-state index contributed by atoms with van der Waals surface area (Å²) >= 11 is 3.26. The molecule has 0 fully saturated rings. The van der Waals surface area contributed by atoms with Gasteiger partial charge >= 0.3 is 5.97 Å². The van der Waals surface area contributed by atoms with E-state index in [4.69, 9.17) is 0 Å². The first kappa shape index (κ1) is 15.0. The molecular formula is C11H14BrNO4S. The van der Waals surface area contributed by atoms with Gasteiger partial charge in [0.2, 0.25) is 10.0 Å². The third-order valence-corrected chi connectivity index (χ3v) is 4.66. The zero-order valence-corrected chi connectivity index (χ0v) is 12.6. The molecule has 0 spiro atoms. The molecule has 5 nitrogen and oxygen atoms in total. The molecule has 7 heteroatoms. The van der Waals surface area contributed by atoms with Crippen LogP contribution in [0.4, 0.5) is 5.69 Å². The number of carbonyl (C=O) groups excluding carboxylic acids is 1. The second kappa shape index (κ2) is 5.71. The Morgan fingerprint density at radius 2 is 2.06 bits per heavy atom. The Kier molecular flexibility index (Phi) is 4.75. The molecule has 0 aromatic heterocycles. The average Bonchev–Trinajstić information content (AvgIpc) is 2.30. The monoisotopic (exact) mass is 335 g/mol. The predicted molar refractivity (Wildman–Crippen MR) is 72.9 cm³/mol. The van der Waals surface area contributed by atoms with Gasteiger partial charge in [-0.05, 0) is 47.5 Å². The molecule has 1 rings (SSSR count). The van der Waals surface area contributed by atoms with E-state index in [1.165, 1.54) is 6.92 Å². The fraction of sp³-hybridized carbons (Fsp3) is 0.364. The first-order chi connectivity index (χ1) is 8.27. The molecule has 0 aliphatic carbocycles. The van der Waals surface area contributed by atoms with Crippen LogP contribution in [0.1, 0.15) is 12.5 Å². The molecule has 1 aromatic carbocycles. The van der Waals surface area contributed by atoms with E-state index in [0.717, 1.165) is 12.7 Å². The molecule has 0 radical (unpaired) electrons. The summed E-state index contributed by atoms with van der Waals surface area (Å²) in [5.41, 5.74) is 1.38. The number of esters is 1. The molecule has 18 heavy (non-hydrogen) atoms. The lowest BCUT2D eigenvalue weighted by molar-refractivity contribution is -0.139. The van der Waals surface area contributed by atoms with Crippen molar-refractivity contribution in [1.82, 2.24) is 0 Å². The predicted octanol–water partition coefficient (Wildman–Crippen LogP) is 2.06. The number of hydrogen-bond donors (Lipinski definition) is 1. The lowest BCUT2D eigenvalue weighted by Gasteiger charge is -2.14. The number of sulfonamides is 1. The molecule has 0 heterocycles. The zero-order valence-electron chi connectivity index (χ0n) is 10.2. The number of rotatable bonds is 4. The summed E-state index contributed by atoms with van der Waals surface area (Å²) < 4.78 is 31.2. The number of carbonyl (C=O) groups is 1. The normalized spacial score (nSPS) is 12.9. The average molecular weight is 336 g/mol. The lowest BCUT2D eigenvalue weighted by atomic mass is 10.2. The van der Waals surface area contributed by atoms with Crippen molar-refractivity contribution >= 4 is 37.6 Å². The third-order valence-electron chi connectivity index (χ3n) is 2.38. The van der Waals surface area contributed by atoms with Crippen LogP contribution in [0.15, 0.2) is 22.7 Å². The lowest BCUT2D eigenvalue weighted by Crippen LogP contribution is -2.33. The van der Waals surface area contributed by atoms with Crippen molar-refractivity contribution in [2.24, 2.45) is 0 Å². The van der Waals surface area contributed by atoms with Gasteiger partial charge in [0.25, 0.3) is 0 Å². The van der Waals surface area contributed by atoms with Crippen LogP contribution in [0.3, 0.4) is 0 Å². The highest BCUT2D eigenvalue weighted by Crippen LogP contribution is 2.25. The summed E-state index contributed by atoms with van der Waals surface area (Å²) in [6.07, 6.45) is 0. The minimum Gasteiger partial charge on any atom is -0.468 e. The number of nitrogens with one attached hydrogen (secondary N) is 1. The maximum atomic E-state index is 11.9. The summed E-state index contributed by atoms with van der Waals surface area (Å²) in [5.74, 6) is -0.800. The van der Waals surface area contributed by atoms with Gasteiger partial charge in [-0.25, -0.2) is 8.42 Å². The summed E-state index contributed by atoms with van der Waals surface area (Å²) in [6.45, 7) is 3.16. The van der Waals surface area contributed by atoms with Crippen LogP contribution in [0.2, 0.25) is 0 Å². The first-order valence-electron chi connectivity index (χ1n) is 5.13. The second-order valence-electron chi connectivity index (χ2n) is 3.80. The molecule has 1 aromatic rings. The van der Waals surface area contributed by atoms with E-state index in [0.29, 0.717) is 10.2 Å². The van der Waals surface area contributed by atoms with Gasteiger partial charge < -0.3 is 4.74 Å². The number of methoxy groups -OCH3 is 1. The van der Waals surface area contributed by atoms with Crippen LogP contribution < -0.4 is 4.72 Å². The molecule has 0 bridgehead atoms. The third kappa shape index (κ3) is 3.46. The Labute approximate surface area is 115 Å². The fourth-order valence-corrected chi connectivity index (χ4v) is 2.97. The molecule has 100 valence electrons. The Bertz CT molecular complexity index is 556. The van der Waals surface area contributed by atoms with Gasteiger partial charge in [0.05, 0.1) is 12.8 Å². The number of hydrogen-bond acceptors (Lipinski definition) is 4. The van der Waals surface area contributed by atoms with Crippen LogP contribution in [-0.4, -0.2) is 26.7 Å². The molecule has 0 aliphatic rings. The van der Waals surface area contributed by atoms with E-state index < -0.39 is 21.2 Å². The number of halogens is 1. The molecule has 1 unspecified atom stereocenters. The van der Waals surface area contributed by atoms with E-state index >= 15 is 0 Å².